The number of alkyl halides is 3. The van der Waals surface area contributed by atoms with Crippen molar-refractivity contribution in [1.29, 1.82) is 0 Å². The van der Waals surface area contributed by atoms with E-state index in [4.69, 9.17) is 11.6 Å². The highest BCUT2D eigenvalue weighted by atomic mass is 35.5. The molecule has 0 spiro atoms. The van der Waals surface area contributed by atoms with Gasteiger partial charge in [-0.2, -0.15) is 13.2 Å². The molecule has 3 aromatic rings. The summed E-state index contributed by atoms with van der Waals surface area (Å²) in [5, 5.41) is 8.26. The molecule has 1 aliphatic heterocycles. The van der Waals surface area contributed by atoms with Crippen molar-refractivity contribution in [2.45, 2.75) is 25.7 Å². The molecular weight excluding hydrogens is 434 g/mol. The number of amides is 1. The van der Waals surface area contributed by atoms with E-state index in [-0.39, 0.29) is 35.2 Å². The lowest BCUT2D eigenvalue weighted by atomic mass is 10.1. The predicted molar refractivity (Wildman–Crippen MR) is 97.0 cm³/mol. The lowest BCUT2D eigenvalue weighted by molar-refractivity contribution is -0.137. The third-order valence-electron chi connectivity index (χ3n) is 4.59. The molecule has 12 heteroatoms. The minimum absolute atomic E-state index is 0.0767. The summed E-state index contributed by atoms with van der Waals surface area (Å²) in [6, 6.07) is 3.28. The van der Waals surface area contributed by atoms with Crippen molar-refractivity contribution in [1.82, 2.24) is 24.6 Å². The summed E-state index contributed by atoms with van der Waals surface area (Å²) in [5.41, 5.74) is 0.217. The minimum atomic E-state index is -4.53. The summed E-state index contributed by atoms with van der Waals surface area (Å²) in [4.78, 5) is 17.9. The Bertz CT molecular complexity index is 1100. The number of hydrogen-bond acceptors (Lipinski definition) is 5. The van der Waals surface area contributed by atoms with Crippen LogP contribution in [0.3, 0.4) is 0 Å². The summed E-state index contributed by atoms with van der Waals surface area (Å²) in [7, 11) is 0. The minimum Gasteiger partial charge on any atom is -0.327 e. The van der Waals surface area contributed by atoms with E-state index in [1.165, 1.54) is 22.4 Å². The van der Waals surface area contributed by atoms with E-state index in [1.54, 1.807) is 11.5 Å². The molecule has 0 unspecified atom stereocenters. The molecule has 1 aliphatic rings. The Morgan fingerprint density at radius 1 is 1.28 bits per heavy atom. The average Bonchev–Trinajstić information content (AvgIpc) is 3.30. The van der Waals surface area contributed by atoms with Crippen LogP contribution in [0.5, 0.6) is 0 Å². The van der Waals surface area contributed by atoms with Crippen LogP contribution in [0.2, 0.25) is 5.02 Å². The molecule has 4 rings (SSSR count). The molecule has 0 bridgehead atoms. The van der Waals surface area contributed by atoms with Crippen molar-refractivity contribution in [3.63, 3.8) is 0 Å². The van der Waals surface area contributed by atoms with Gasteiger partial charge in [0.25, 0.3) is 5.91 Å². The van der Waals surface area contributed by atoms with Gasteiger partial charge < -0.3 is 9.47 Å². The van der Waals surface area contributed by atoms with E-state index in [1.807, 2.05) is 0 Å². The lowest BCUT2D eigenvalue weighted by Gasteiger charge is -2.33. The highest BCUT2D eigenvalue weighted by Gasteiger charge is 2.36. The number of carbonyl (C=O) groups is 1. The Labute approximate surface area is 170 Å². The van der Waals surface area contributed by atoms with Gasteiger partial charge in [-0.25, -0.2) is 9.37 Å². The number of rotatable bonds is 2. The fourth-order valence-corrected chi connectivity index (χ4v) is 3.94. The second-order valence-corrected chi connectivity index (χ2v) is 7.64. The molecule has 0 saturated carbocycles. The largest absolute Gasteiger partial charge is 0.443 e. The van der Waals surface area contributed by atoms with Crippen LogP contribution in [0.25, 0.3) is 11.5 Å². The maximum absolute atomic E-state index is 13.7. The maximum Gasteiger partial charge on any atom is 0.443 e. The molecule has 1 amide bonds. The van der Waals surface area contributed by atoms with Crippen LogP contribution in [0.15, 0.2) is 23.6 Å². The quantitative estimate of drug-likeness (QED) is 0.547. The van der Waals surface area contributed by atoms with Gasteiger partial charge in [0.15, 0.2) is 16.7 Å². The van der Waals surface area contributed by atoms with Crippen molar-refractivity contribution in [2.24, 2.45) is 0 Å². The first-order valence-corrected chi connectivity index (χ1v) is 9.65. The highest BCUT2D eigenvalue weighted by molar-refractivity contribution is 7.10. The van der Waals surface area contributed by atoms with Crippen molar-refractivity contribution >= 4 is 28.8 Å². The zero-order valence-electron chi connectivity index (χ0n) is 14.7. The number of hydrogen-bond donors (Lipinski definition) is 0. The molecule has 0 radical (unpaired) electrons. The number of carbonyl (C=O) groups excluding carboxylic acids is 1. The van der Waals surface area contributed by atoms with Gasteiger partial charge >= 0.3 is 6.18 Å². The van der Waals surface area contributed by atoms with Crippen LogP contribution >= 0.6 is 22.9 Å². The first-order chi connectivity index (χ1) is 13.7. The van der Waals surface area contributed by atoms with Gasteiger partial charge in [-0.15, -0.1) is 21.5 Å². The van der Waals surface area contributed by atoms with Crippen molar-refractivity contribution in [3.05, 3.63) is 50.8 Å². The van der Waals surface area contributed by atoms with Gasteiger partial charge in [-0.1, -0.05) is 11.6 Å². The molecule has 152 valence electrons. The van der Waals surface area contributed by atoms with Crippen LogP contribution in [0, 0.1) is 5.82 Å². The Morgan fingerprint density at radius 3 is 2.69 bits per heavy atom. The summed E-state index contributed by atoms with van der Waals surface area (Å²) in [6.07, 6.45) is -4.53. The molecule has 0 N–H and O–H groups in total. The molecule has 0 saturated heterocycles. The van der Waals surface area contributed by atoms with Crippen LogP contribution in [-0.2, 0) is 12.7 Å². The van der Waals surface area contributed by atoms with E-state index < -0.39 is 29.0 Å². The predicted octanol–water partition coefficient (Wildman–Crippen LogP) is 4.43. The van der Waals surface area contributed by atoms with Gasteiger partial charge in [-0.05, 0) is 25.1 Å². The molecule has 0 aliphatic carbocycles. The first-order valence-electron chi connectivity index (χ1n) is 8.39. The van der Waals surface area contributed by atoms with Gasteiger partial charge in [0.2, 0.25) is 0 Å². The van der Waals surface area contributed by atoms with Crippen molar-refractivity contribution < 1.29 is 22.4 Å². The Hall–Kier alpha value is -2.53. The van der Waals surface area contributed by atoms with Crippen molar-refractivity contribution in [3.8, 4) is 11.5 Å². The zero-order valence-corrected chi connectivity index (χ0v) is 16.3. The molecule has 3 heterocycles. The fraction of sp³-hybridized carbons (Fsp3) is 0.294. The van der Waals surface area contributed by atoms with Crippen LogP contribution in [0.1, 0.15) is 34.2 Å². The molecule has 0 fully saturated rings. The number of aromatic nitrogens is 4. The monoisotopic (exact) mass is 445 g/mol. The first kappa shape index (κ1) is 19.8. The summed E-state index contributed by atoms with van der Waals surface area (Å²) in [5.74, 6) is -0.479. The Kier molecular flexibility index (Phi) is 4.82. The van der Waals surface area contributed by atoms with E-state index in [9.17, 15) is 22.4 Å². The summed E-state index contributed by atoms with van der Waals surface area (Å²) in [6.45, 7) is 2.23. The fourth-order valence-electron chi connectivity index (χ4n) is 3.15. The van der Waals surface area contributed by atoms with E-state index in [0.717, 1.165) is 6.07 Å². The van der Waals surface area contributed by atoms with Gasteiger partial charge in [0.05, 0.1) is 11.1 Å². The number of benzene rings is 1. The maximum atomic E-state index is 13.7. The van der Waals surface area contributed by atoms with E-state index in [2.05, 4.69) is 15.2 Å². The van der Waals surface area contributed by atoms with Crippen molar-refractivity contribution in [2.75, 3.05) is 6.54 Å². The van der Waals surface area contributed by atoms with E-state index >= 15 is 0 Å². The Morgan fingerprint density at radius 2 is 2.03 bits per heavy atom. The third-order valence-corrected chi connectivity index (χ3v) is 5.78. The van der Waals surface area contributed by atoms with Gasteiger partial charge in [-0.3, -0.25) is 4.79 Å². The normalized spacial score (nSPS) is 16.8. The van der Waals surface area contributed by atoms with Gasteiger partial charge in [0.1, 0.15) is 11.5 Å². The zero-order chi connectivity index (χ0) is 20.9. The topological polar surface area (TPSA) is 63.9 Å². The number of nitrogens with zero attached hydrogens (tertiary/aromatic N) is 5. The highest BCUT2D eigenvalue weighted by Crippen LogP contribution is 2.35. The SMILES string of the molecule is C[C@@H]1c2nnc(-c3csc(C(F)(F)F)n3)n2CCN1C(=O)c1ccc(Cl)c(F)c1. The molecule has 2 aromatic heterocycles. The third kappa shape index (κ3) is 3.48. The Balaban J connectivity index is 1.62. The van der Waals surface area contributed by atoms with Gasteiger partial charge in [0, 0.05) is 24.0 Å². The summed E-state index contributed by atoms with van der Waals surface area (Å²) < 4.78 is 53.8. The second kappa shape index (κ2) is 7.06. The lowest BCUT2D eigenvalue weighted by Crippen LogP contribution is -2.41. The van der Waals surface area contributed by atoms with E-state index in [0.29, 0.717) is 17.2 Å². The summed E-state index contributed by atoms with van der Waals surface area (Å²) >= 11 is 6.14. The average molecular weight is 446 g/mol. The number of halogens is 5. The van der Waals surface area contributed by atoms with Crippen LogP contribution in [-0.4, -0.2) is 37.1 Å². The number of fused-ring (bicyclic) bond motifs is 1. The molecule has 1 aromatic carbocycles. The molecule has 1 atom stereocenters. The van der Waals surface area contributed by atoms with Crippen LogP contribution < -0.4 is 0 Å². The smallest absolute Gasteiger partial charge is 0.327 e. The molecule has 6 nitrogen and oxygen atoms in total. The standard InChI is InChI=1S/C17H12ClF4N5OS/c1-8-13-24-25-14(12-7-29-16(23-12)17(20,21)22)27(13)5-4-26(8)15(28)9-2-3-10(18)11(19)6-9/h2-3,6-8H,4-5H2,1H3/t8-/m1/s1. The second-order valence-electron chi connectivity index (χ2n) is 6.37. The number of thiazole rings is 1. The molecular formula is C17H12ClF4N5OS. The molecule has 29 heavy (non-hydrogen) atoms. The van der Waals surface area contributed by atoms with Crippen LogP contribution in [0.4, 0.5) is 17.6 Å².